The summed E-state index contributed by atoms with van der Waals surface area (Å²) < 4.78 is 22.5. The zero-order chi connectivity index (χ0) is 19.7. The minimum atomic E-state index is -0.611. The number of imide groups is 1. The molecule has 0 spiro atoms. The Morgan fingerprint density at radius 1 is 1.03 bits per heavy atom. The van der Waals surface area contributed by atoms with Gasteiger partial charge in [0.05, 0.1) is 28.5 Å². The van der Waals surface area contributed by atoms with E-state index in [0.29, 0.717) is 10.9 Å². The highest BCUT2D eigenvalue weighted by atomic mass is 19.1. The number of hydrogen-bond acceptors (Lipinski definition) is 3. The summed E-state index contributed by atoms with van der Waals surface area (Å²) in [6.07, 6.45) is 5.33. The molecule has 0 atom stereocenters. The predicted octanol–water partition coefficient (Wildman–Crippen LogP) is 4.04. The number of aryl methyl sites for hydroxylation is 2. The van der Waals surface area contributed by atoms with Crippen LogP contribution in [0.3, 0.4) is 0 Å². The van der Waals surface area contributed by atoms with Gasteiger partial charge in [0.15, 0.2) is 0 Å². The number of rotatable bonds is 2. The van der Waals surface area contributed by atoms with Gasteiger partial charge in [0.1, 0.15) is 11.4 Å². The lowest BCUT2D eigenvalue weighted by Crippen LogP contribution is -2.23. The van der Waals surface area contributed by atoms with E-state index in [4.69, 9.17) is 4.42 Å². The van der Waals surface area contributed by atoms with Crippen molar-refractivity contribution in [3.63, 3.8) is 0 Å². The number of hydrogen-bond donors (Lipinski definition) is 1. The van der Waals surface area contributed by atoms with Crippen molar-refractivity contribution in [2.75, 3.05) is 0 Å². The maximum Gasteiger partial charge on any atom is 0.259 e. The number of carbonyl (C=O) groups excluding carboxylic acids is 2. The van der Waals surface area contributed by atoms with E-state index in [1.165, 1.54) is 17.9 Å². The van der Waals surface area contributed by atoms with E-state index < -0.39 is 17.6 Å². The molecule has 0 unspecified atom stereocenters. The quantitative estimate of drug-likeness (QED) is 0.529. The highest BCUT2D eigenvalue weighted by Crippen LogP contribution is 2.40. The van der Waals surface area contributed by atoms with Gasteiger partial charge in [-0.25, -0.2) is 4.39 Å². The van der Waals surface area contributed by atoms with Crippen molar-refractivity contribution in [1.82, 2.24) is 9.88 Å². The summed E-state index contributed by atoms with van der Waals surface area (Å²) in [6, 6.07) is 10.6. The molecule has 4 heterocycles. The third-order valence-electron chi connectivity index (χ3n) is 5.85. The summed E-state index contributed by atoms with van der Waals surface area (Å²) in [5.74, 6) is -1.73. The minimum Gasteiger partial charge on any atom is -0.464 e. The van der Waals surface area contributed by atoms with Crippen molar-refractivity contribution in [1.29, 1.82) is 0 Å². The summed E-state index contributed by atoms with van der Waals surface area (Å²) >= 11 is 0. The van der Waals surface area contributed by atoms with Crippen LogP contribution in [0.1, 0.15) is 23.1 Å². The number of para-hydroxylation sites is 1. The molecule has 2 aliphatic rings. The van der Waals surface area contributed by atoms with Gasteiger partial charge in [-0.1, -0.05) is 18.2 Å². The number of amides is 2. The Balaban J connectivity index is 1.73. The van der Waals surface area contributed by atoms with Gasteiger partial charge in [0.25, 0.3) is 11.8 Å². The fourth-order valence-corrected chi connectivity index (χ4v) is 4.65. The summed E-state index contributed by atoms with van der Waals surface area (Å²) in [4.78, 5) is 25.6. The first-order valence-corrected chi connectivity index (χ1v) is 9.50. The zero-order valence-electron chi connectivity index (χ0n) is 15.3. The monoisotopic (exact) mass is 386 g/mol. The average molecular weight is 386 g/mol. The highest BCUT2D eigenvalue weighted by Gasteiger charge is 2.37. The van der Waals surface area contributed by atoms with Crippen LogP contribution in [0, 0.1) is 5.82 Å². The molecule has 29 heavy (non-hydrogen) atoms. The molecular weight excluding hydrogens is 371 g/mol. The minimum absolute atomic E-state index is 0.0248. The SMILES string of the molecule is O=C1NC(=O)C(c2c(F)ccc3ccoc23)=C1c1cn2c3c(cccc13)CCC2. The number of fused-ring (bicyclic) bond motifs is 1. The van der Waals surface area contributed by atoms with Crippen LogP contribution in [0.15, 0.2) is 53.3 Å². The number of nitrogens with zero attached hydrogens (tertiary/aromatic N) is 1. The Morgan fingerprint density at radius 2 is 1.90 bits per heavy atom. The molecule has 0 fully saturated rings. The van der Waals surface area contributed by atoms with Gasteiger partial charge in [0.2, 0.25) is 0 Å². The first-order valence-electron chi connectivity index (χ1n) is 9.50. The van der Waals surface area contributed by atoms with Crippen LogP contribution < -0.4 is 5.32 Å². The van der Waals surface area contributed by atoms with Crippen LogP contribution in [0.25, 0.3) is 33.0 Å². The molecule has 5 nitrogen and oxygen atoms in total. The van der Waals surface area contributed by atoms with E-state index in [1.54, 1.807) is 12.1 Å². The Bertz CT molecular complexity index is 1410. The molecule has 0 bridgehead atoms. The van der Waals surface area contributed by atoms with E-state index in [2.05, 4.69) is 16.0 Å². The topological polar surface area (TPSA) is 64.2 Å². The van der Waals surface area contributed by atoms with Crippen molar-refractivity contribution in [3.8, 4) is 0 Å². The molecule has 0 radical (unpaired) electrons. The van der Waals surface area contributed by atoms with Crippen molar-refractivity contribution >= 4 is 44.8 Å². The van der Waals surface area contributed by atoms with Gasteiger partial charge in [0, 0.05) is 29.1 Å². The third kappa shape index (κ3) is 2.14. The lowest BCUT2D eigenvalue weighted by Gasteiger charge is -2.14. The molecule has 2 aliphatic heterocycles. The van der Waals surface area contributed by atoms with Crippen molar-refractivity contribution in [3.05, 3.63) is 71.4 Å². The van der Waals surface area contributed by atoms with Crippen LogP contribution in [-0.2, 0) is 22.6 Å². The second kappa shape index (κ2) is 5.67. The number of benzene rings is 2. The normalized spacial score (nSPS) is 16.3. The van der Waals surface area contributed by atoms with Gasteiger partial charge in [-0.2, -0.15) is 0 Å². The molecule has 0 saturated carbocycles. The second-order valence-corrected chi connectivity index (χ2v) is 7.45. The summed E-state index contributed by atoms with van der Waals surface area (Å²) in [5.41, 5.74) is 3.44. The highest BCUT2D eigenvalue weighted by molar-refractivity contribution is 6.50. The molecule has 0 saturated heterocycles. The average Bonchev–Trinajstić information content (AvgIpc) is 3.40. The molecule has 6 heteroatoms. The van der Waals surface area contributed by atoms with Gasteiger partial charge in [-0.3, -0.25) is 14.9 Å². The maximum absolute atomic E-state index is 14.9. The van der Waals surface area contributed by atoms with Crippen LogP contribution in [0.5, 0.6) is 0 Å². The standard InChI is InChI=1S/C23H15FN2O3/c24-16-7-6-13-8-10-29-21(13)18(16)19-17(22(27)25-23(19)28)15-11-26-9-2-4-12-3-1-5-14(15)20(12)26/h1,3,5-8,10-11H,2,4,9H2,(H,25,27,28). The molecule has 6 rings (SSSR count). The first-order chi connectivity index (χ1) is 14.1. The second-order valence-electron chi connectivity index (χ2n) is 7.45. The van der Waals surface area contributed by atoms with E-state index in [-0.39, 0.29) is 22.3 Å². The molecular formula is C23H15FN2O3. The van der Waals surface area contributed by atoms with E-state index in [1.807, 2.05) is 18.3 Å². The molecule has 1 N–H and O–H groups in total. The largest absolute Gasteiger partial charge is 0.464 e. The molecule has 4 aromatic rings. The van der Waals surface area contributed by atoms with Crippen molar-refractivity contribution < 1.29 is 18.4 Å². The Kier molecular flexibility index (Phi) is 3.19. The lowest BCUT2D eigenvalue weighted by atomic mass is 9.94. The van der Waals surface area contributed by atoms with Crippen LogP contribution >= 0.6 is 0 Å². The van der Waals surface area contributed by atoms with Gasteiger partial charge >= 0.3 is 0 Å². The van der Waals surface area contributed by atoms with E-state index in [9.17, 15) is 14.0 Å². The van der Waals surface area contributed by atoms with Gasteiger partial charge in [-0.15, -0.1) is 0 Å². The third-order valence-corrected chi connectivity index (χ3v) is 5.85. The Hall–Kier alpha value is -3.67. The first kappa shape index (κ1) is 16.3. The molecule has 0 aliphatic carbocycles. The maximum atomic E-state index is 14.9. The smallest absolute Gasteiger partial charge is 0.259 e. The summed E-state index contributed by atoms with van der Waals surface area (Å²) in [5, 5.41) is 3.92. The van der Waals surface area contributed by atoms with E-state index >= 15 is 0 Å². The van der Waals surface area contributed by atoms with E-state index in [0.717, 1.165) is 30.3 Å². The Labute approximate surface area is 164 Å². The fourth-order valence-electron chi connectivity index (χ4n) is 4.65. The van der Waals surface area contributed by atoms with Crippen molar-refractivity contribution in [2.45, 2.75) is 19.4 Å². The number of halogens is 1. The van der Waals surface area contributed by atoms with Crippen molar-refractivity contribution in [2.24, 2.45) is 0 Å². The van der Waals surface area contributed by atoms with Crippen LogP contribution in [0.2, 0.25) is 0 Å². The zero-order valence-corrected chi connectivity index (χ0v) is 15.3. The number of nitrogens with one attached hydrogen (secondary N) is 1. The van der Waals surface area contributed by atoms with Gasteiger partial charge in [-0.05, 0) is 36.6 Å². The number of furan rings is 1. The summed E-state index contributed by atoms with van der Waals surface area (Å²) in [6.45, 7) is 0.841. The number of aromatic nitrogens is 1. The van der Waals surface area contributed by atoms with Gasteiger partial charge < -0.3 is 8.98 Å². The fraction of sp³-hybridized carbons (Fsp3) is 0.130. The van der Waals surface area contributed by atoms with Crippen LogP contribution in [0.4, 0.5) is 4.39 Å². The molecule has 142 valence electrons. The summed E-state index contributed by atoms with van der Waals surface area (Å²) in [7, 11) is 0. The molecule has 2 amide bonds. The van der Waals surface area contributed by atoms with Crippen LogP contribution in [-0.4, -0.2) is 16.4 Å². The lowest BCUT2D eigenvalue weighted by molar-refractivity contribution is -0.122. The molecule has 2 aromatic heterocycles. The molecule has 2 aromatic carbocycles. The predicted molar refractivity (Wildman–Crippen MR) is 106 cm³/mol. The number of carbonyl (C=O) groups is 2. The Morgan fingerprint density at radius 3 is 2.79 bits per heavy atom.